The van der Waals surface area contributed by atoms with Crippen molar-refractivity contribution >= 4 is 15.9 Å². The van der Waals surface area contributed by atoms with Crippen LogP contribution in [-0.2, 0) is 14.8 Å². The predicted octanol–water partition coefficient (Wildman–Crippen LogP) is 1.44. The van der Waals surface area contributed by atoms with Crippen LogP contribution in [0.25, 0.3) is 0 Å². The van der Waals surface area contributed by atoms with E-state index in [1.807, 2.05) is 25.7 Å². The summed E-state index contributed by atoms with van der Waals surface area (Å²) in [6.45, 7) is 7.85. The first-order chi connectivity index (χ1) is 11.6. The van der Waals surface area contributed by atoms with Crippen LogP contribution < -0.4 is 5.32 Å². The molecule has 6 nitrogen and oxygen atoms in total. The maximum atomic E-state index is 13.0. The second-order valence-electron chi connectivity index (χ2n) is 7.29. The number of carbonyl (C=O) groups is 1. The van der Waals surface area contributed by atoms with Gasteiger partial charge < -0.3 is 5.32 Å². The molecule has 0 saturated carbocycles. The fourth-order valence-corrected chi connectivity index (χ4v) is 4.23. The third-order valence-electron chi connectivity index (χ3n) is 3.88. The van der Waals surface area contributed by atoms with E-state index in [-0.39, 0.29) is 22.9 Å². The quantitative estimate of drug-likeness (QED) is 0.869. The minimum atomic E-state index is -3.64. The van der Waals surface area contributed by atoms with Gasteiger partial charge in [0.25, 0.3) is 0 Å². The number of nitrogens with one attached hydrogen (secondary N) is 1. The maximum absolute atomic E-state index is 13.0. The zero-order valence-corrected chi connectivity index (χ0v) is 15.8. The summed E-state index contributed by atoms with van der Waals surface area (Å²) < 4.78 is 39.8. The number of benzene rings is 1. The Bertz CT molecular complexity index is 699. The van der Waals surface area contributed by atoms with Gasteiger partial charge in [-0.25, -0.2) is 12.8 Å². The fraction of sp³-hybridized carbons (Fsp3) is 0.588. The summed E-state index contributed by atoms with van der Waals surface area (Å²) >= 11 is 0. The third-order valence-corrected chi connectivity index (χ3v) is 5.79. The Labute approximate surface area is 149 Å². The summed E-state index contributed by atoms with van der Waals surface area (Å²) in [6, 6.07) is 4.86. The van der Waals surface area contributed by atoms with Gasteiger partial charge in [-0.3, -0.25) is 9.69 Å². The highest BCUT2D eigenvalue weighted by atomic mass is 32.2. The lowest BCUT2D eigenvalue weighted by Gasteiger charge is -2.25. The molecule has 25 heavy (non-hydrogen) atoms. The SMILES string of the molecule is CC(C)(C)NC(=O)CN1CCCN(S(=O)(=O)c2ccc(F)cc2)CC1. The number of amides is 1. The van der Waals surface area contributed by atoms with E-state index in [4.69, 9.17) is 0 Å². The molecule has 0 radical (unpaired) electrons. The molecule has 0 aromatic heterocycles. The highest BCUT2D eigenvalue weighted by Crippen LogP contribution is 2.18. The molecular weight excluding hydrogens is 345 g/mol. The second-order valence-corrected chi connectivity index (χ2v) is 9.22. The molecule has 1 aliphatic rings. The van der Waals surface area contributed by atoms with E-state index in [0.717, 1.165) is 12.1 Å². The number of carbonyl (C=O) groups excluding carboxylic acids is 1. The van der Waals surface area contributed by atoms with Crippen LogP contribution in [0.15, 0.2) is 29.2 Å². The largest absolute Gasteiger partial charge is 0.350 e. The van der Waals surface area contributed by atoms with Crippen LogP contribution in [0.2, 0.25) is 0 Å². The van der Waals surface area contributed by atoms with Gasteiger partial charge in [0.2, 0.25) is 15.9 Å². The highest BCUT2D eigenvalue weighted by Gasteiger charge is 2.27. The van der Waals surface area contributed by atoms with Crippen LogP contribution in [0.3, 0.4) is 0 Å². The monoisotopic (exact) mass is 371 g/mol. The average Bonchev–Trinajstić information content (AvgIpc) is 2.71. The van der Waals surface area contributed by atoms with Gasteiger partial charge in [-0.1, -0.05) is 0 Å². The minimum absolute atomic E-state index is 0.0673. The van der Waals surface area contributed by atoms with Gasteiger partial charge in [-0.05, 0) is 58.0 Å². The van der Waals surface area contributed by atoms with E-state index in [1.54, 1.807) is 0 Å². The minimum Gasteiger partial charge on any atom is -0.350 e. The van der Waals surface area contributed by atoms with Crippen LogP contribution in [0.5, 0.6) is 0 Å². The first-order valence-corrected chi connectivity index (χ1v) is 9.81. The first kappa shape index (κ1) is 19.8. The Morgan fingerprint density at radius 1 is 1.12 bits per heavy atom. The number of rotatable bonds is 4. The lowest BCUT2D eigenvalue weighted by Crippen LogP contribution is -2.46. The number of sulfonamides is 1. The average molecular weight is 371 g/mol. The summed E-state index contributed by atoms with van der Waals surface area (Å²) in [7, 11) is -3.64. The molecule has 0 spiro atoms. The molecule has 1 saturated heterocycles. The van der Waals surface area contributed by atoms with Crippen molar-refractivity contribution in [3.05, 3.63) is 30.1 Å². The van der Waals surface area contributed by atoms with Gasteiger partial charge in [0.1, 0.15) is 5.82 Å². The van der Waals surface area contributed by atoms with Crippen molar-refractivity contribution in [2.24, 2.45) is 0 Å². The molecule has 2 rings (SSSR count). The maximum Gasteiger partial charge on any atom is 0.243 e. The fourth-order valence-electron chi connectivity index (χ4n) is 2.76. The van der Waals surface area contributed by atoms with Crippen molar-refractivity contribution in [2.75, 3.05) is 32.7 Å². The Morgan fingerprint density at radius 3 is 2.36 bits per heavy atom. The van der Waals surface area contributed by atoms with Crippen molar-refractivity contribution in [2.45, 2.75) is 37.6 Å². The smallest absolute Gasteiger partial charge is 0.243 e. The van der Waals surface area contributed by atoms with Crippen LogP contribution in [0.1, 0.15) is 27.2 Å². The van der Waals surface area contributed by atoms with E-state index in [2.05, 4.69) is 5.32 Å². The van der Waals surface area contributed by atoms with Crippen molar-refractivity contribution in [1.29, 1.82) is 0 Å². The van der Waals surface area contributed by atoms with E-state index >= 15 is 0 Å². The molecule has 8 heteroatoms. The highest BCUT2D eigenvalue weighted by molar-refractivity contribution is 7.89. The van der Waals surface area contributed by atoms with Crippen LogP contribution in [0, 0.1) is 5.82 Å². The van der Waals surface area contributed by atoms with Gasteiger partial charge in [0.15, 0.2) is 0 Å². The molecule has 1 fully saturated rings. The second kappa shape index (κ2) is 7.80. The van der Waals surface area contributed by atoms with Gasteiger partial charge in [0, 0.05) is 25.2 Å². The normalized spacial score (nSPS) is 17.9. The van der Waals surface area contributed by atoms with Crippen molar-refractivity contribution in [3.8, 4) is 0 Å². The molecule has 0 bridgehead atoms. The summed E-state index contributed by atoms with van der Waals surface area (Å²) in [5, 5.41) is 2.91. The van der Waals surface area contributed by atoms with E-state index < -0.39 is 15.8 Å². The van der Waals surface area contributed by atoms with E-state index in [0.29, 0.717) is 32.6 Å². The summed E-state index contributed by atoms with van der Waals surface area (Å²) in [4.78, 5) is 14.1. The lowest BCUT2D eigenvalue weighted by molar-refractivity contribution is -0.123. The number of hydrogen-bond acceptors (Lipinski definition) is 4. The molecule has 1 N–H and O–H groups in total. The third kappa shape index (κ3) is 5.76. The van der Waals surface area contributed by atoms with Gasteiger partial charge in [-0.2, -0.15) is 4.31 Å². The zero-order chi connectivity index (χ0) is 18.7. The summed E-state index contributed by atoms with van der Waals surface area (Å²) in [5.41, 5.74) is -0.291. The zero-order valence-electron chi connectivity index (χ0n) is 15.0. The Kier molecular flexibility index (Phi) is 6.18. The van der Waals surface area contributed by atoms with Crippen LogP contribution in [0.4, 0.5) is 4.39 Å². The first-order valence-electron chi connectivity index (χ1n) is 8.37. The molecule has 1 heterocycles. The van der Waals surface area contributed by atoms with Gasteiger partial charge in [-0.15, -0.1) is 0 Å². The Hall–Kier alpha value is -1.51. The van der Waals surface area contributed by atoms with Crippen molar-refractivity contribution < 1.29 is 17.6 Å². The molecule has 1 aromatic rings. The lowest BCUT2D eigenvalue weighted by atomic mass is 10.1. The number of hydrogen-bond donors (Lipinski definition) is 1. The molecular formula is C17H26FN3O3S. The van der Waals surface area contributed by atoms with Crippen molar-refractivity contribution in [3.63, 3.8) is 0 Å². The Morgan fingerprint density at radius 2 is 1.76 bits per heavy atom. The molecule has 140 valence electrons. The van der Waals surface area contributed by atoms with Crippen LogP contribution >= 0.6 is 0 Å². The number of halogens is 1. The molecule has 0 aliphatic carbocycles. The molecule has 0 unspecified atom stereocenters. The Balaban J connectivity index is 1.99. The summed E-state index contributed by atoms with van der Waals surface area (Å²) in [5.74, 6) is -0.534. The molecule has 1 amide bonds. The number of nitrogens with zero attached hydrogens (tertiary/aromatic N) is 2. The molecule has 1 aliphatic heterocycles. The van der Waals surface area contributed by atoms with Gasteiger partial charge in [0.05, 0.1) is 11.4 Å². The molecule has 1 aromatic carbocycles. The summed E-state index contributed by atoms with van der Waals surface area (Å²) in [6.07, 6.45) is 0.642. The molecule has 0 atom stereocenters. The van der Waals surface area contributed by atoms with Gasteiger partial charge >= 0.3 is 0 Å². The topological polar surface area (TPSA) is 69.7 Å². The van der Waals surface area contributed by atoms with Crippen molar-refractivity contribution in [1.82, 2.24) is 14.5 Å². The van der Waals surface area contributed by atoms with Crippen LogP contribution in [-0.4, -0.2) is 61.8 Å². The predicted molar refractivity (Wildman–Crippen MR) is 94.1 cm³/mol. The van der Waals surface area contributed by atoms with E-state index in [1.165, 1.54) is 16.4 Å². The standard InChI is InChI=1S/C17H26FN3O3S/c1-17(2,3)19-16(22)13-20-9-4-10-21(12-11-20)25(23,24)15-7-5-14(18)6-8-15/h5-8H,4,9-13H2,1-3H3,(H,19,22). The van der Waals surface area contributed by atoms with E-state index in [9.17, 15) is 17.6 Å².